The lowest BCUT2D eigenvalue weighted by Crippen LogP contribution is -2.11. The van der Waals surface area contributed by atoms with E-state index in [2.05, 4.69) is 5.10 Å². The van der Waals surface area contributed by atoms with Gasteiger partial charge in [0.05, 0.1) is 23.7 Å². The quantitative estimate of drug-likeness (QED) is 0.789. The lowest BCUT2D eigenvalue weighted by atomic mass is 10.2. The van der Waals surface area contributed by atoms with Gasteiger partial charge in [0.1, 0.15) is 0 Å². The first-order chi connectivity index (χ1) is 6.98. The van der Waals surface area contributed by atoms with E-state index in [0.717, 1.165) is 5.56 Å². The number of nitrogens with two attached hydrogens (primary N) is 1. The third kappa shape index (κ3) is 2.21. The van der Waals surface area contributed by atoms with Gasteiger partial charge in [0.15, 0.2) is 9.84 Å². The molecule has 0 aromatic carbocycles. The Morgan fingerprint density at radius 3 is 2.87 bits per heavy atom. The van der Waals surface area contributed by atoms with Gasteiger partial charge in [0.25, 0.3) is 0 Å². The number of hydrogen-bond donors (Lipinski definition) is 1. The SMILES string of the molecule is CC(N)c1cnn(C2CCS(=O)(=O)C2)c1. The van der Waals surface area contributed by atoms with Crippen molar-refractivity contribution in [3.63, 3.8) is 0 Å². The molecule has 5 nitrogen and oxygen atoms in total. The highest BCUT2D eigenvalue weighted by atomic mass is 32.2. The normalized spacial score (nSPS) is 26.7. The average molecular weight is 229 g/mol. The van der Waals surface area contributed by atoms with Crippen LogP contribution in [0.25, 0.3) is 0 Å². The zero-order chi connectivity index (χ0) is 11.1. The fraction of sp³-hybridized carbons (Fsp3) is 0.667. The van der Waals surface area contributed by atoms with Crippen LogP contribution in [0.3, 0.4) is 0 Å². The molecular weight excluding hydrogens is 214 g/mol. The molecule has 2 rings (SSSR count). The molecule has 0 spiro atoms. The molecule has 0 aliphatic carbocycles. The largest absolute Gasteiger partial charge is 0.324 e. The van der Waals surface area contributed by atoms with E-state index < -0.39 is 9.84 Å². The van der Waals surface area contributed by atoms with Crippen molar-refractivity contribution in [2.45, 2.75) is 25.4 Å². The highest BCUT2D eigenvalue weighted by molar-refractivity contribution is 7.91. The maximum absolute atomic E-state index is 11.3. The molecule has 84 valence electrons. The van der Waals surface area contributed by atoms with Crippen molar-refractivity contribution in [2.24, 2.45) is 5.73 Å². The molecule has 2 N–H and O–H groups in total. The number of aromatic nitrogens is 2. The second-order valence-corrected chi connectivity index (χ2v) is 6.33. The Hall–Kier alpha value is -0.880. The molecule has 1 aromatic rings. The summed E-state index contributed by atoms with van der Waals surface area (Å²) in [7, 11) is -2.85. The van der Waals surface area contributed by atoms with Gasteiger partial charge in [-0.15, -0.1) is 0 Å². The maximum Gasteiger partial charge on any atom is 0.152 e. The maximum atomic E-state index is 11.3. The van der Waals surface area contributed by atoms with E-state index in [4.69, 9.17) is 5.73 Å². The van der Waals surface area contributed by atoms with Crippen LogP contribution in [0.5, 0.6) is 0 Å². The van der Waals surface area contributed by atoms with Crippen molar-refractivity contribution in [3.05, 3.63) is 18.0 Å². The fourth-order valence-corrected chi connectivity index (χ4v) is 3.48. The molecular formula is C9H15N3O2S. The minimum Gasteiger partial charge on any atom is -0.324 e. The van der Waals surface area contributed by atoms with E-state index in [1.54, 1.807) is 10.9 Å². The first kappa shape index (κ1) is 10.6. The van der Waals surface area contributed by atoms with E-state index in [9.17, 15) is 8.42 Å². The number of nitrogens with zero attached hydrogens (tertiary/aromatic N) is 2. The predicted molar refractivity (Wildman–Crippen MR) is 57.1 cm³/mol. The highest BCUT2D eigenvalue weighted by Crippen LogP contribution is 2.23. The summed E-state index contributed by atoms with van der Waals surface area (Å²) in [4.78, 5) is 0. The van der Waals surface area contributed by atoms with Crippen LogP contribution in [-0.2, 0) is 9.84 Å². The summed E-state index contributed by atoms with van der Waals surface area (Å²) in [5.74, 6) is 0.470. The van der Waals surface area contributed by atoms with Crippen molar-refractivity contribution < 1.29 is 8.42 Å². The Morgan fingerprint density at radius 2 is 2.40 bits per heavy atom. The summed E-state index contributed by atoms with van der Waals surface area (Å²) in [6.07, 6.45) is 4.20. The van der Waals surface area contributed by atoms with Crippen LogP contribution < -0.4 is 5.73 Å². The molecule has 0 bridgehead atoms. The molecule has 1 aliphatic heterocycles. The van der Waals surface area contributed by atoms with Crippen LogP contribution in [0.1, 0.15) is 31.0 Å². The van der Waals surface area contributed by atoms with Crippen LogP contribution in [0, 0.1) is 0 Å². The molecule has 6 heteroatoms. The Balaban J connectivity index is 2.17. The molecule has 1 fully saturated rings. The van der Waals surface area contributed by atoms with Gasteiger partial charge in [-0.05, 0) is 13.3 Å². The van der Waals surface area contributed by atoms with Gasteiger partial charge in [-0.2, -0.15) is 5.10 Å². The minimum absolute atomic E-state index is 0.0116. The number of sulfone groups is 1. The van der Waals surface area contributed by atoms with Crippen molar-refractivity contribution in [3.8, 4) is 0 Å². The van der Waals surface area contributed by atoms with E-state index in [1.807, 2.05) is 13.1 Å². The first-order valence-corrected chi connectivity index (χ1v) is 6.80. The average Bonchev–Trinajstić information content (AvgIpc) is 2.70. The van der Waals surface area contributed by atoms with Crippen molar-refractivity contribution in [2.75, 3.05) is 11.5 Å². The Kier molecular flexibility index (Phi) is 2.56. The smallest absolute Gasteiger partial charge is 0.152 e. The summed E-state index contributed by atoms with van der Waals surface area (Å²) in [6, 6.07) is -0.0701. The zero-order valence-electron chi connectivity index (χ0n) is 8.63. The van der Waals surface area contributed by atoms with Crippen LogP contribution >= 0.6 is 0 Å². The highest BCUT2D eigenvalue weighted by Gasteiger charge is 2.29. The Morgan fingerprint density at radius 1 is 1.67 bits per heavy atom. The van der Waals surface area contributed by atoms with Crippen LogP contribution in [0.2, 0.25) is 0 Å². The predicted octanol–water partition coefficient (Wildman–Crippen LogP) is 0.262. The second kappa shape index (κ2) is 3.61. The summed E-state index contributed by atoms with van der Waals surface area (Å²) in [6.45, 7) is 1.88. The van der Waals surface area contributed by atoms with Gasteiger partial charge in [0, 0.05) is 17.8 Å². The van der Waals surface area contributed by atoms with Gasteiger partial charge < -0.3 is 5.73 Å². The summed E-state index contributed by atoms with van der Waals surface area (Å²) in [5, 5.41) is 4.16. The molecule has 2 unspecified atom stereocenters. The van der Waals surface area contributed by atoms with Crippen LogP contribution in [-0.4, -0.2) is 29.7 Å². The third-order valence-electron chi connectivity index (χ3n) is 2.73. The van der Waals surface area contributed by atoms with Crippen molar-refractivity contribution in [1.82, 2.24) is 9.78 Å². The van der Waals surface area contributed by atoms with Crippen LogP contribution in [0.15, 0.2) is 12.4 Å². The van der Waals surface area contributed by atoms with Gasteiger partial charge in [0.2, 0.25) is 0 Å². The summed E-state index contributed by atoms with van der Waals surface area (Å²) >= 11 is 0. The lowest BCUT2D eigenvalue weighted by Gasteiger charge is -2.07. The minimum atomic E-state index is -2.85. The van der Waals surface area contributed by atoms with E-state index >= 15 is 0 Å². The van der Waals surface area contributed by atoms with Gasteiger partial charge in [-0.1, -0.05) is 0 Å². The zero-order valence-corrected chi connectivity index (χ0v) is 9.44. The topological polar surface area (TPSA) is 78.0 Å². The van der Waals surface area contributed by atoms with Crippen molar-refractivity contribution >= 4 is 9.84 Å². The number of hydrogen-bond acceptors (Lipinski definition) is 4. The monoisotopic (exact) mass is 229 g/mol. The van der Waals surface area contributed by atoms with Gasteiger partial charge >= 0.3 is 0 Å². The number of rotatable bonds is 2. The first-order valence-electron chi connectivity index (χ1n) is 4.98. The Labute approximate surface area is 89.2 Å². The molecule has 2 atom stereocenters. The molecule has 1 aliphatic rings. The molecule has 0 radical (unpaired) electrons. The molecule has 15 heavy (non-hydrogen) atoms. The van der Waals surface area contributed by atoms with E-state index in [1.165, 1.54) is 0 Å². The summed E-state index contributed by atoms with van der Waals surface area (Å²) in [5.41, 5.74) is 6.65. The summed E-state index contributed by atoms with van der Waals surface area (Å²) < 4.78 is 24.3. The van der Waals surface area contributed by atoms with E-state index in [0.29, 0.717) is 6.42 Å². The van der Waals surface area contributed by atoms with Gasteiger partial charge in [-0.25, -0.2) is 8.42 Å². The van der Waals surface area contributed by atoms with Crippen LogP contribution in [0.4, 0.5) is 0 Å². The molecule has 1 saturated heterocycles. The van der Waals surface area contributed by atoms with Crippen molar-refractivity contribution in [1.29, 1.82) is 0 Å². The fourth-order valence-electron chi connectivity index (χ4n) is 1.77. The lowest BCUT2D eigenvalue weighted by molar-refractivity contribution is 0.499. The van der Waals surface area contributed by atoms with Gasteiger partial charge in [-0.3, -0.25) is 4.68 Å². The molecule has 0 saturated carbocycles. The molecule has 0 amide bonds. The molecule has 1 aromatic heterocycles. The second-order valence-electron chi connectivity index (χ2n) is 4.10. The molecule has 2 heterocycles. The standard InChI is InChI=1S/C9H15N3O2S/c1-7(10)8-4-11-12(5-8)9-2-3-15(13,14)6-9/h4-5,7,9H,2-3,6,10H2,1H3. The van der Waals surface area contributed by atoms with E-state index in [-0.39, 0.29) is 23.6 Å². The third-order valence-corrected chi connectivity index (χ3v) is 4.48. The Bertz CT molecular complexity index is 450.